The van der Waals surface area contributed by atoms with Gasteiger partial charge in [-0.1, -0.05) is 73.7 Å². The number of hydrogen-bond acceptors (Lipinski definition) is 6. The highest BCUT2D eigenvalue weighted by Gasteiger charge is 2.36. The topological polar surface area (TPSA) is 91.0 Å². The van der Waals surface area contributed by atoms with Crippen LogP contribution < -0.4 is 14.2 Å². The molecule has 0 aliphatic heterocycles. The second-order valence-corrected chi connectivity index (χ2v) is 10.1. The van der Waals surface area contributed by atoms with E-state index in [4.69, 9.17) is 18.6 Å². The number of carboxylic acid groups (broad SMARTS) is 1. The van der Waals surface area contributed by atoms with Gasteiger partial charge in [0.05, 0.1) is 19.9 Å². The molecule has 7 nitrogen and oxygen atoms in total. The lowest BCUT2D eigenvalue weighted by atomic mass is 9.96. The molecule has 0 aliphatic rings. The normalized spacial score (nSPS) is 11.9. The van der Waals surface area contributed by atoms with Crippen LogP contribution in [0.25, 0.3) is 22.6 Å². The Morgan fingerprint density at radius 3 is 1.93 bits per heavy atom. The van der Waals surface area contributed by atoms with Crippen molar-refractivity contribution in [1.29, 1.82) is 0 Å². The molecule has 7 heteroatoms. The molecule has 1 heterocycles. The van der Waals surface area contributed by atoms with Gasteiger partial charge in [0.25, 0.3) is 0 Å². The number of nitrogens with zero attached hydrogens (tertiary/aromatic N) is 1. The Kier molecular flexibility index (Phi) is 10.2. The fourth-order valence-electron chi connectivity index (χ4n) is 4.55. The number of carboxylic acids is 1. The summed E-state index contributed by atoms with van der Waals surface area (Å²) in [5.74, 6) is 2.19. The largest absolute Gasteiger partial charge is 0.497 e. The van der Waals surface area contributed by atoms with Gasteiger partial charge in [-0.05, 0) is 73.4 Å². The van der Waals surface area contributed by atoms with Crippen LogP contribution >= 0.6 is 0 Å². The van der Waals surface area contributed by atoms with Crippen molar-refractivity contribution in [3.63, 3.8) is 0 Å². The average Bonchev–Trinajstić information content (AvgIpc) is 3.43. The molecule has 1 unspecified atom stereocenters. The molecule has 1 N–H and O–H groups in total. The van der Waals surface area contributed by atoms with E-state index < -0.39 is 11.6 Å². The molecule has 5 rings (SSSR count). The first-order chi connectivity index (χ1) is 20.8. The van der Waals surface area contributed by atoms with Gasteiger partial charge in [0.1, 0.15) is 11.5 Å². The molecule has 0 radical (unpaired) electrons. The number of hydrogen-bond donors (Lipinski definition) is 1. The van der Waals surface area contributed by atoms with E-state index in [9.17, 15) is 9.90 Å². The summed E-state index contributed by atoms with van der Waals surface area (Å²) in [6, 6.07) is 32.9. The Hall–Kier alpha value is -5.04. The number of methoxy groups -OCH3 is 2. The van der Waals surface area contributed by atoms with E-state index in [1.54, 1.807) is 50.4 Å². The molecule has 0 saturated heterocycles. The number of aliphatic carboxylic acids is 1. The second kappa shape index (κ2) is 14.2. The fourth-order valence-corrected chi connectivity index (χ4v) is 4.55. The first kappa shape index (κ1) is 30.9. The number of benzene rings is 4. The van der Waals surface area contributed by atoms with Gasteiger partial charge in [0, 0.05) is 12.0 Å². The first-order valence-electron chi connectivity index (χ1n) is 14.1. The van der Waals surface area contributed by atoms with E-state index in [-0.39, 0.29) is 6.42 Å². The third-order valence-electron chi connectivity index (χ3n) is 7.02. The van der Waals surface area contributed by atoms with Crippen LogP contribution in [0.3, 0.4) is 0 Å². The molecule has 4 aromatic carbocycles. The summed E-state index contributed by atoms with van der Waals surface area (Å²) in [6.07, 6.45) is 1.11. The number of para-hydroxylation sites is 2. The maximum absolute atomic E-state index is 11.8. The molecule has 222 valence electrons. The molecule has 1 atom stereocenters. The smallest absolute Gasteiger partial charge is 0.348 e. The van der Waals surface area contributed by atoms with Gasteiger partial charge in [-0.3, -0.25) is 0 Å². The van der Waals surface area contributed by atoms with Gasteiger partial charge in [-0.25, -0.2) is 9.78 Å². The highest BCUT2D eigenvalue weighted by Crippen LogP contribution is 2.31. The van der Waals surface area contributed by atoms with Gasteiger partial charge in [0.15, 0.2) is 11.5 Å². The quantitative estimate of drug-likeness (QED) is 0.179. The third kappa shape index (κ3) is 7.83. The third-order valence-corrected chi connectivity index (χ3v) is 7.02. The Balaban J connectivity index is 0.000000198. The molecule has 0 saturated carbocycles. The van der Waals surface area contributed by atoms with E-state index in [0.717, 1.165) is 34.8 Å². The minimum Gasteiger partial charge on any atom is -0.497 e. The van der Waals surface area contributed by atoms with Crippen LogP contribution in [-0.2, 0) is 17.6 Å². The zero-order chi connectivity index (χ0) is 30.8. The molecule has 43 heavy (non-hydrogen) atoms. The van der Waals surface area contributed by atoms with Crippen molar-refractivity contribution in [3.05, 3.63) is 120 Å². The summed E-state index contributed by atoms with van der Waals surface area (Å²) in [5.41, 5.74) is 3.90. The van der Waals surface area contributed by atoms with Crippen molar-refractivity contribution >= 4 is 5.97 Å². The number of aromatic nitrogens is 1. The van der Waals surface area contributed by atoms with Gasteiger partial charge in [0.2, 0.25) is 11.5 Å². The van der Waals surface area contributed by atoms with Crippen molar-refractivity contribution in [2.75, 3.05) is 14.2 Å². The van der Waals surface area contributed by atoms with Gasteiger partial charge < -0.3 is 23.7 Å². The lowest BCUT2D eigenvalue weighted by Gasteiger charge is -2.27. The lowest BCUT2D eigenvalue weighted by molar-refractivity contribution is -0.153. The lowest BCUT2D eigenvalue weighted by Crippen LogP contribution is -2.43. The standard InChI is InChI=1S/C18H17NO.C18H20O5/c1-3-17-13(2)20-18(19-17)16-11-9-15(10-12-16)14-7-5-4-6-8-14;1-18(17(19)20,12-13-8-10-14(21-2)11-9-13)23-16-7-5-4-6-15(16)22-3/h4-12H,3H2,1-2H3;4-11H,12H2,1-3H3,(H,19,20). The molecule has 0 aliphatic carbocycles. The van der Waals surface area contributed by atoms with Crippen LogP contribution in [0, 0.1) is 6.92 Å². The van der Waals surface area contributed by atoms with Crippen LogP contribution in [0.1, 0.15) is 30.9 Å². The number of carbonyl (C=O) groups is 1. The molecule has 5 aromatic rings. The van der Waals surface area contributed by atoms with Gasteiger partial charge in [-0.15, -0.1) is 0 Å². The van der Waals surface area contributed by atoms with Gasteiger partial charge >= 0.3 is 5.97 Å². The van der Waals surface area contributed by atoms with E-state index in [1.165, 1.54) is 18.2 Å². The van der Waals surface area contributed by atoms with Crippen LogP contribution in [0.4, 0.5) is 0 Å². The first-order valence-corrected chi connectivity index (χ1v) is 14.1. The summed E-state index contributed by atoms with van der Waals surface area (Å²) < 4.78 is 21.8. The Bertz CT molecular complexity index is 1610. The van der Waals surface area contributed by atoms with Crippen LogP contribution in [0.15, 0.2) is 108 Å². The monoisotopic (exact) mass is 579 g/mol. The average molecular weight is 580 g/mol. The second-order valence-electron chi connectivity index (χ2n) is 10.1. The predicted molar refractivity (Wildman–Crippen MR) is 168 cm³/mol. The van der Waals surface area contributed by atoms with E-state index in [1.807, 2.05) is 37.3 Å². The molecule has 0 bridgehead atoms. The van der Waals surface area contributed by atoms with Crippen molar-refractivity contribution in [2.45, 2.75) is 39.2 Å². The zero-order valence-corrected chi connectivity index (χ0v) is 25.2. The van der Waals surface area contributed by atoms with Crippen molar-refractivity contribution in [3.8, 4) is 39.8 Å². The minimum atomic E-state index is -1.41. The SMILES string of the molecule is CCc1nc(-c2ccc(-c3ccccc3)cc2)oc1C.COc1ccc(CC(C)(Oc2ccccc2OC)C(=O)O)cc1. The molecule has 0 spiro atoms. The fraction of sp³-hybridized carbons (Fsp3) is 0.222. The minimum absolute atomic E-state index is 0.213. The summed E-state index contributed by atoms with van der Waals surface area (Å²) in [6.45, 7) is 5.60. The Morgan fingerprint density at radius 2 is 1.37 bits per heavy atom. The maximum Gasteiger partial charge on any atom is 0.348 e. The van der Waals surface area contributed by atoms with Crippen molar-refractivity contribution in [2.24, 2.45) is 0 Å². The molecule has 0 fully saturated rings. The molecule has 0 amide bonds. The van der Waals surface area contributed by atoms with Crippen molar-refractivity contribution in [1.82, 2.24) is 4.98 Å². The number of oxazole rings is 1. The highest BCUT2D eigenvalue weighted by molar-refractivity contribution is 5.78. The number of rotatable bonds is 10. The summed E-state index contributed by atoms with van der Waals surface area (Å²) in [7, 11) is 3.10. The highest BCUT2D eigenvalue weighted by atomic mass is 16.5. The summed E-state index contributed by atoms with van der Waals surface area (Å²) in [5, 5.41) is 9.63. The van der Waals surface area contributed by atoms with Crippen LogP contribution in [-0.4, -0.2) is 35.9 Å². The van der Waals surface area contributed by atoms with E-state index in [2.05, 4.69) is 48.3 Å². The molecule has 1 aromatic heterocycles. The van der Waals surface area contributed by atoms with E-state index >= 15 is 0 Å². The number of aryl methyl sites for hydroxylation is 2. The van der Waals surface area contributed by atoms with E-state index in [0.29, 0.717) is 17.4 Å². The van der Waals surface area contributed by atoms with Gasteiger partial charge in [-0.2, -0.15) is 0 Å². The zero-order valence-electron chi connectivity index (χ0n) is 25.2. The van der Waals surface area contributed by atoms with Crippen molar-refractivity contribution < 1.29 is 28.5 Å². The van der Waals surface area contributed by atoms with Crippen LogP contribution in [0.2, 0.25) is 0 Å². The molecular weight excluding hydrogens is 542 g/mol. The Labute approximate surface area is 252 Å². The predicted octanol–water partition coefficient (Wildman–Crippen LogP) is 8.05. The Morgan fingerprint density at radius 1 is 0.791 bits per heavy atom. The molecular formula is C36H37NO6. The van der Waals surface area contributed by atoms with Crippen LogP contribution in [0.5, 0.6) is 17.2 Å². The summed E-state index contributed by atoms with van der Waals surface area (Å²) in [4.78, 5) is 16.3. The number of ether oxygens (including phenoxy) is 3. The maximum atomic E-state index is 11.8. The summed E-state index contributed by atoms with van der Waals surface area (Å²) >= 11 is 0.